The summed E-state index contributed by atoms with van der Waals surface area (Å²) >= 11 is 0. The van der Waals surface area contributed by atoms with Crippen LogP contribution in [0, 0.1) is 5.92 Å². The van der Waals surface area contributed by atoms with E-state index in [2.05, 4.69) is 29.6 Å². The average molecular weight is 479 g/mol. The first-order valence-electron chi connectivity index (χ1n) is 12.2. The molecular formula is C27H30N2O6. The summed E-state index contributed by atoms with van der Waals surface area (Å²) in [5.74, 6) is -2.07. The first-order valence-corrected chi connectivity index (χ1v) is 12.2. The molecule has 3 aliphatic rings. The van der Waals surface area contributed by atoms with Crippen LogP contribution in [0.3, 0.4) is 0 Å². The Kier molecular flexibility index (Phi) is 6.23. The van der Waals surface area contributed by atoms with Gasteiger partial charge in [0, 0.05) is 12.5 Å². The highest BCUT2D eigenvalue weighted by molar-refractivity contribution is 5.93. The smallest absolute Gasteiger partial charge is 0.408 e. The Morgan fingerprint density at radius 3 is 2.26 bits per heavy atom. The van der Waals surface area contributed by atoms with Crippen LogP contribution in [0.2, 0.25) is 0 Å². The first kappa shape index (κ1) is 23.4. The number of benzene rings is 2. The molecule has 0 bridgehead atoms. The summed E-state index contributed by atoms with van der Waals surface area (Å²) in [4.78, 5) is 39.6. The second-order valence-electron chi connectivity index (χ2n) is 9.58. The number of ether oxygens (including phenoxy) is 2. The van der Waals surface area contributed by atoms with Gasteiger partial charge >= 0.3 is 12.1 Å². The van der Waals surface area contributed by atoms with E-state index in [0.717, 1.165) is 22.3 Å². The Balaban J connectivity index is 1.26. The molecule has 2 atom stereocenters. The standard InChI is InChI=1S/C27H30N2O6/c1-2-13-29(23-16-34-14-22(23)24(30)31)25(32)27(11-12-27)28-26(33)35-15-21-19-9-5-3-7-17(19)18-8-4-6-10-20(18)21/h3-10,21-23H,2,11-16H2,1H3,(H,28,33)(H,30,31). The number of hydrogen-bond acceptors (Lipinski definition) is 5. The molecule has 184 valence electrons. The Morgan fingerprint density at radius 2 is 1.69 bits per heavy atom. The fourth-order valence-corrected chi connectivity index (χ4v) is 5.37. The van der Waals surface area contributed by atoms with Crippen molar-refractivity contribution in [1.82, 2.24) is 10.2 Å². The number of carbonyl (C=O) groups is 3. The van der Waals surface area contributed by atoms with Gasteiger partial charge in [-0.15, -0.1) is 0 Å². The van der Waals surface area contributed by atoms with E-state index in [1.165, 1.54) is 0 Å². The SMILES string of the molecule is CCCN(C(=O)C1(NC(=O)OCC2c3ccccc3-c3ccccc32)CC1)C1COCC1C(=O)O. The molecule has 35 heavy (non-hydrogen) atoms. The number of carboxylic acids is 1. The third kappa shape index (κ3) is 4.27. The van der Waals surface area contributed by atoms with E-state index in [4.69, 9.17) is 9.47 Å². The lowest BCUT2D eigenvalue weighted by atomic mass is 9.98. The van der Waals surface area contributed by atoms with Gasteiger partial charge in [0.1, 0.15) is 18.1 Å². The quantitative estimate of drug-likeness (QED) is 0.603. The van der Waals surface area contributed by atoms with Gasteiger partial charge in [-0.1, -0.05) is 55.5 Å². The molecule has 8 heteroatoms. The number of rotatable bonds is 8. The Bertz CT molecular complexity index is 1100. The molecule has 1 aliphatic heterocycles. The summed E-state index contributed by atoms with van der Waals surface area (Å²) in [5, 5.41) is 12.4. The van der Waals surface area contributed by atoms with Crippen molar-refractivity contribution in [2.24, 2.45) is 5.92 Å². The summed E-state index contributed by atoms with van der Waals surface area (Å²) in [5.41, 5.74) is 3.49. The Hall–Kier alpha value is -3.39. The van der Waals surface area contributed by atoms with Crippen LogP contribution in [0.25, 0.3) is 11.1 Å². The molecule has 2 aromatic rings. The van der Waals surface area contributed by atoms with E-state index in [9.17, 15) is 19.5 Å². The summed E-state index contributed by atoms with van der Waals surface area (Å²) < 4.78 is 11.0. The lowest BCUT2D eigenvalue weighted by Crippen LogP contribution is -2.56. The molecule has 1 heterocycles. The molecule has 0 radical (unpaired) electrons. The fraction of sp³-hybridized carbons (Fsp3) is 0.444. The van der Waals surface area contributed by atoms with Crippen molar-refractivity contribution in [3.05, 3.63) is 59.7 Å². The summed E-state index contributed by atoms with van der Waals surface area (Å²) in [7, 11) is 0. The second kappa shape index (κ2) is 9.34. The zero-order valence-electron chi connectivity index (χ0n) is 19.7. The van der Waals surface area contributed by atoms with Crippen LogP contribution in [0.1, 0.15) is 43.2 Å². The van der Waals surface area contributed by atoms with Crippen molar-refractivity contribution in [3.8, 4) is 11.1 Å². The maximum absolute atomic E-state index is 13.5. The zero-order chi connectivity index (χ0) is 24.6. The molecule has 2 aromatic carbocycles. The van der Waals surface area contributed by atoms with Gasteiger partial charge in [-0.05, 0) is 41.5 Å². The van der Waals surface area contributed by atoms with Gasteiger partial charge in [-0.2, -0.15) is 0 Å². The highest BCUT2D eigenvalue weighted by Crippen LogP contribution is 2.45. The van der Waals surface area contributed by atoms with Crippen LogP contribution in [-0.2, 0) is 19.1 Å². The van der Waals surface area contributed by atoms with Gasteiger partial charge in [0.2, 0.25) is 5.91 Å². The highest BCUT2D eigenvalue weighted by atomic mass is 16.5. The fourth-order valence-electron chi connectivity index (χ4n) is 5.37. The molecular weight excluding hydrogens is 448 g/mol. The van der Waals surface area contributed by atoms with Crippen molar-refractivity contribution < 1.29 is 29.0 Å². The lowest BCUT2D eigenvalue weighted by Gasteiger charge is -2.33. The van der Waals surface area contributed by atoms with Gasteiger partial charge in [0.25, 0.3) is 0 Å². The zero-order valence-corrected chi connectivity index (χ0v) is 19.7. The van der Waals surface area contributed by atoms with Gasteiger partial charge in [-0.3, -0.25) is 9.59 Å². The molecule has 2 unspecified atom stereocenters. The summed E-state index contributed by atoms with van der Waals surface area (Å²) in [6, 6.07) is 15.7. The third-order valence-electron chi connectivity index (χ3n) is 7.34. The van der Waals surface area contributed by atoms with Crippen molar-refractivity contribution in [2.75, 3.05) is 26.4 Å². The van der Waals surface area contributed by atoms with E-state index in [0.29, 0.717) is 25.8 Å². The van der Waals surface area contributed by atoms with Gasteiger partial charge in [0.15, 0.2) is 0 Å². The predicted octanol–water partition coefficient (Wildman–Crippen LogP) is 3.40. The van der Waals surface area contributed by atoms with Crippen molar-refractivity contribution in [1.29, 1.82) is 0 Å². The number of aliphatic carboxylic acids is 1. The first-order chi connectivity index (χ1) is 16.9. The van der Waals surface area contributed by atoms with Crippen LogP contribution in [0.15, 0.2) is 48.5 Å². The van der Waals surface area contributed by atoms with Crippen molar-refractivity contribution in [2.45, 2.75) is 43.7 Å². The largest absolute Gasteiger partial charge is 0.481 e. The maximum Gasteiger partial charge on any atom is 0.408 e. The third-order valence-corrected chi connectivity index (χ3v) is 7.34. The van der Waals surface area contributed by atoms with Gasteiger partial charge in [0.05, 0.1) is 19.3 Å². The van der Waals surface area contributed by atoms with E-state index < -0.39 is 29.6 Å². The molecule has 2 aliphatic carbocycles. The van der Waals surface area contributed by atoms with Gasteiger partial charge < -0.3 is 24.8 Å². The molecule has 8 nitrogen and oxygen atoms in total. The number of nitrogens with zero attached hydrogens (tertiary/aromatic N) is 1. The van der Waals surface area contributed by atoms with Crippen LogP contribution < -0.4 is 5.32 Å². The van der Waals surface area contributed by atoms with E-state index in [1.807, 2.05) is 31.2 Å². The van der Waals surface area contributed by atoms with Gasteiger partial charge in [-0.25, -0.2) is 4.79 Å². The number of fused-ring (bicyclic) bond motifs is 3. The van der Waals surface area contributed by atoms with E-state index in [-0.39, 0.29) is 31.6 Å². The van der Waals surface area contributed by atoms with Crippen LogP contribution in [0.4, 0.5) is 4.79 Å². The minimum Gasteiger partial charge on any atom is -0.481 e. The minimum atomic E-state index is -1.04. The number of hydrogen-bond donors (Lipinski definition) is 2. The second-order valence-corrected chi connectivity index (χ2v) is 9.58. The normalized spacial score (nSPS) is 21.6. The van der Waals surface area contributed by atoms with Crippen LogP contribution in [-0.4, -0.2) is 65.9 Å². The van der Waals surface area contributed by atoms with Crippen LogP contribution in [0.5, 0.6) is 0 Å². The van der Waals surface area contributed by atoms with E-state index in [1.54, 1.807) is 4.90 Å². The molecule has 1 saturated carbocycles. The number of carboxylic acid groups (broad SMARTS) is 1. The van der Waals surface area contributed by atoms with Crippen molar-refractivity contribution in [3.63, 3.8) is 0 Å². The number of amides is 2. The lowest BCUT2D eigenvalue weighted by molar-refractivity contribution is -0.146. The molecule has 2 amide bonds. The number of nitrogens with one attached hydrogen (secondary N) is 1. The molecule has 1 saturated heterocycles. The van der Waals surface area contributed by atoms with Crippen LogP contribution >= 0.6 is 0 Å². The summed E-state index contributed by atoms with van der Waals surface area (Å²) in [6.07, 6.45) is 1.05. The predicted molar refractivity (Wildman–Crippen MR) is 128 cm³/mol. The average Bonchev–Trinajstić information content (AvgIpc) is 3.34. The molecule has 2 fully saturated rings. The molecule has 0 spiro atoms. The monoisotopic (exact) mass is 478 g/mol. The Labute approximate surface area is 204 Å². The molecule has 2 N–H and O–H groups in total. The van der Waals surface area contributed by atoms with E-state index >= 15 is 0 Å². The molecule has 0 aromatic heterocycles. The summed E-state index contributed by atoms with van der Waals surface area (Å²) in [6.45, 7) is 2.78. The minimum absolute atomic E-state index is 0.0671. The number of alkyl carbamates (subject to hydrolysis) is 1. The van der Waals surface area contributed by atoms with Crippen molar-refractivity contribution >= 4 is 18.0 Å². The molecule has 5 rings (SSSR count). The topological polar surface area (TPSA) is 105 Å². The number of carbonyl (C=O) groups excluding carboxylic acids is 2. The maximum atomic E-state index is 13.5. The highest BCUT2D eigenvalue weighted by Gasteiger charge is 2.55. The Morgan fingerprint density at radius 1 is 1.06 bits per heavy atom.